The summed E-state index contributed by atoms with van der Waals surface area (Å²) in [6.45, 7) is 2.57. The Balaban J connectivity index is 2.36. The van der Waals surface area contributed by atoms with Gasteiger partial charge in [-0.05, 0) is 30.7 Å². The topological polar surface area (TPSA) is 61.0 Å². The fourth-order valence-corrected chi connectivity index (χ4v) is 1.45. The molecule has 0 bridgehead atoms. The molecular weight excluding hydrogens is 202 g/mol. The van der Waals surface area contributed by atoms with E-state index in [1.807, 2.05) is 25.1 Å². The lowest BCUT2D eigenvalue weighted by molar-refractivity contribution is 0.339. The third-order valence-electron chi connectivity index (χ3n) is 2.14. The Morgan fingerprint density at radius 1 is 1.25 bits per heavy atom. The van der Waals surface area contributed by atoms with Crippen molar-refractivity contribution in [2.24, 2.45) is 0 Å². The number of nitrogen functional groups attached to an aromatic ring is 1. The third kappa shape index (κ3) is 2.28. The number of pyridine rings is 2. The normalized spacial score (nSPS) is 10.1. The Bertz CT molecular complexity index is 485. The molecule has 82 valence electrons. The summed E-state index contributed by atoms with van der Waals surface area (Å²) >= 11 is 0. The van der Waals surface area contributed by atoms with Crippen LogP contribution >= 0.6 is 0 Å². The van der Waals surface area contributed by atoms with Crippen LogP contribution in [0.2, 0.25) is 0 Å². The van der Waals surface area contributed by atoms with Gasteiger partial charge in [-0.15, -0.1) is 0 Å². The summed E-state index contributed by atoms with van der Waals surface area (Å²) in [5, 5.41) is 0. The average molecular weight is 215 g/mol. The van der Waals surface area contributed by atoms with Crippen LogP contribution in [0.15, 0.2) is 36.8 Å². The van der Waals surface area contributed by atoms with E-state index in [9.17, 15) is 0 Å². The molecule has 2 aromatic rings. The van der Waals surface area contributed by atoms with E-state index in [1.54, 1.807) is 18.6 Å². The van der Waals surface area contributed by atoms with Crippen LogP contribution in [0.25, 0.3) is 11.1 Å². The maximum atomic E-state index is 5.63. The summed E-state index contributed by atoms with van der Waals surface area (Å²) in [5.74, 6) is 1.26. The first-order valence-electron chi connectivity index (χ1n) is 5.09. The fraction of sp³-hybridized carbons (Fsp3) is 0.167. The minimum Gasteiger partial charge on any atom is -0.492 e. The maximum Gasteiger partial charge on any atom is 0.138 e. The maximum absolute atomic E-state index is 5.63. The molecule has 0 aromatic carbocycles. The summed E-state index contributed by atoms with van der Waals surface area (Å²) < 4.78 is 5.39. The monoisotopic (exact) mass is 215 g/mol. The highest BCUT2D eigenvalue weighted by Crippen LogP contribution is 2.23. The van der Waals surface area contributed by atoms with Gasteiger partial charge in [-0.1, -0.05) is 0 Å². The summed E-state index contributed by atoms with van der Waals surface area (Å²) in [6, 6.07) is 5.64. The molecule has 2 N–H and O–H groups in total. The largest absolute Gasteiger partial charge is 0.492 e. The predicted molar refractivity (Wildman–Crippen MR) is 63.0 cm³/mol. The van der Waals surface area contributed by atoms with Crippen molar-refractivity contribution < 1.29 is 4.74 Å². The van der Waals surface area contributed by atoms with E-state index in [2.05, 4.69) is 9.97 Å². The second kappa shape index (κ2) is 4.61. The lowest BCUT2D eigenvalue weighted by Crippen LogP contribution is -1.93. The molecule has 0 aliphatic rings. The van der Waals surface area contributed by atoms with Gasteiger partial charge in [0.05, 0.1) is 12.8 Å². The molecule has 2 aromatic heterocycles. The molecule has 0 aliphatic carbocycles. The van der Waals surface area contributed by atoms with Gasteiger partial charge in [0.1, 0.15) is 11.6 Å². The van der Waals surface area contributed by atoms with Crippen LogP contribution in [0.1, 0.15) is 6.92 Å². The molecular formula is C12H13N3O. The summed E-state index contributed by atoms with van der Waals surface area (Å²) in [5.41, 5.74) is 7.59. The smallest absolute Gasteiger partial charge is 0.138 e. The van der Waals surface area contributed by atoms with Gasteiger partial charge in [0, 0.05) is 18.0 Å². The van der Waals surface area contributed by atoms with Crippen molar-refractivity contribution in [2.75, 3.05) is 12.3 Å². The zero-order valence-electron chi connectivity index (χ0n) is 9.05. The number of rotatable bonds is 3. The number of anilines is 1. The lowest BCUT2D eigenvalue weighted by Gasteiger charge is -2.05. The summed E-state index contributed by atoms with van der Waals surface area (Å²) in [6.07, 6.45) is 5.15. The first kappa shape index (κ1) is 10.4. The van der Waals surface area contributed by atoms with E-state index in [-0.39, 0.29) is 0 Å². The van der Waals surface area contributed by atoms with Gasteiger partial charge in [-0.2, -0.15) is 0 Å². The van der Waals surface area contributed by atoms with Gasteiger partial charge in [-0.25, -0.2) is 4.98 Å². The SMILES string of the molecule is CCOc1cncc(-c2ccnc(N)c2)c1. The number of hydrogen-bond acceptors (Lipinski definition) is 4. The molecule has 0 saturated heterocycles. The van der Waals surface area contributed by atoms with Gasteiger partial charge in [0.25, 0.3) is 0 Å². The Kier molecular flexibility index (Phi) is 3.00. The van der Waals surface area contributed by atoms with Crippen molar-refractivity contribution in [2.45, 2.75) is 6.92 Å². The second-order valence-electron chi connectivity index (χ2n) is 3.31. The molecule has 4 heteroatoms. The predicted octanol–water partition coefficient (Wildman–Crippen LogP) is 2.12. The molecule has 4 nitrogen and oxygen atoms in total. The highest BCUT2D eigenvalue weighted by Gasteiger charge is 2.01. The van der Waals surface area contributed by atoms with E-state index in [1.165, 1.54) is 0 Å². The van der Waals surface area contributed by atoms with Crippen LogP contribution in [0, 0.1) is 0 Å². The molecule has 0 radical (unpaired) electrons. The van der Waals surface area contributed by atoms with Crippen LogP contribution in [-0.4, -0.2) is 16.6 Å². The Morgan fingerprint density at radius 2 is 2.12 bits per heavy atom. The van der Waals surface area contributed by atoms with Crippen LogP contribution in [-0.2, 0) is 0 Å². The number of nitrogens with zero attached hydrogens (tertiary/aromatic N) is 2. The van der Waals surface area contributed by atoms with Crippen LogP contribution in [0.3, 0.4) is 0 Å². The van der Waals surface area contributed by atoms with Gasteiger partial charge in [-0.3, -0.25) is 4.98 Å². The van der Waals surface area contributed by atoms with E-state index >= 15 is 0 Å². The highest BCUT2D eigenvalue weighted by molar-refractivity contribution is 5.65. The van der Waals surface area contributed by atoms with Crippen LogP contribution in [0.5, 0.6) is 5.75 Å². The first-order chi connectivity index (χ1) is 7.79. The zero-order chi connectivity index (χ0) is 11.4. The highest BCUT2D eigenvalue weighted by atomic mass is 16.5. The molecule has 0 amide bonds. The number of hydrogen-bond donors (Lipinski definition) is 1. The van der Waals surface area contributed by atoms with E-state index in [0.717, 1.165) is 16.9 Å². The van der Waals surface area contributed by atoms with Gasteiger partial charge in [0.2, 0.25) is 0 Å². The standard InChI is InChI=1S/C12H13N3O/c1-2-16-11-5-10(7-14-8-11)9-3-4-15-12(13)6-9/h3-8H,2H2,1H3,(H2,13,15). The Labute approximate surface area is 94.1 Å². The molecule has 0 atom stereocenters. The van der Waals surface area contributed by atoms with Crippen molar-refractivity contribution in [1.29, 1.82) is 0 Å². The van der Waals surface area contributed by atoms with Crippen LogP contribution < -0.4 is 10.5 Å². The van der Waals surface area contributed by atoms with E-state index in [0.29, 0.717) is 12.4 Å². The summed E-state index contributed by atoms with van der Waals surface area (Å²) in [4.78, 5) is 8.07. The van der Waals surface area contributed by atoms with Crippen molar-refractivity contribution in [3.05, 3.63) is 36.8 Å². The minimum absolute atomic E-state index is 0.499. The molecule has 2 rings (SSSR count). The molecule has 0 aliphatic heterocycles. The average Bonchev–Trinajstić information content (AvgIpc) is 2.30. The zero-order valence-corrected chi connectivity index (χ0v) is 9.05. The van der Waals surface area contributed by atoms with Crippen molar-refractivity contribution in [1.82, 2.24) is 9.97 Å². The first-order valence-corrected chi connectivity index (χ1v) is 5.09. The number of nitrogens with two attached hydrogens (primary N) is 1. The Hall–Kier alpha value is -2.10. The van der Waals surface area contributed by atoms with Crippen LogP contribution in [0.4, 0.5) is 5.82 Å². The molecule has 2 heterocycles. The number of ether oxygens (including phenoxy) is 1. The van der Waals surface area contributed by atoms with Crippen molar-refractivity contribution in [3.8, 4) is 16.9 Å². The fourth-order valence-electron chi connectivity index (χ4n) is 1.45. The third-order valence-corrected chi connectivity index (χ3v) is 2.14. The van der Waals surface area contributed by atoms with Gasteiger partial charge in [0.15, 0.2) is 0 Å². The van der Waals surface area contributed by atoms with Crippen molar-refractivity contribution in [3.63, 3.8) is 0 Å². The molecule has 0 unspecified atom stereocenters. The number of aromatic nitrogens is 2. The summed E-state index contributed by atoms with van der Waals surface area (Å²) in [7, 11) is 0. The minimum atomic E-state index is 0.499. The quantitative estimate of drug-likeness (QED) is 0.851. The van der Waals surface area contributed by atoms with Crippen molar-refractivity contribution >= 4 is 5.82 Å². The molecule has 16 heavy (non-hydrogen) atoms. The molecule has 0 saturated carbocycles. The molecule has 0 fully saturated rings. The molecule has 0 spiro atoms. The Morgan fingerprint density at radius 3 is 2.88 bits per heavy atom. The van der Waals surface area contributed by atoms with Gasteiger partial charge < -0.3 is 10.5 Å². The lowest BCUT2D eigenvalue weighted by atomic mass is 10.1. The van der Waals surface area contributed by atoms with E-state index < -0.39 is 0 Å². The van der Waals surface area contributed by atoms with E-state index in [4.69, 9.17) is 10.5 Å². The second-order valence-corrected chi connectivity index (χ2v) is 3.31. The van der Waals surface area contributed by atoms with Gasteiger partial charge >= 0.3 is 0 Å².